The van der Waals surface area contributed by atoms with Crippen LogP contribution in [0.5, 0.6) is 0 Å². The summed E-state index contributed by atoms with van der Waals surface area (Å²) in [6.45, 7) is 0.142. The zero-order valence-electron chi connectivity index (χ0n) is 10.8. The first-order chi connectivity index (χ1) is 8.92. The van der Waals surface area contributed by atoms with E-state index in [0.29, 0.717) is 12.5 Å². The van der Waals surface area contributed by atoms with Gasteiger partial charge in [-0.2, -0.15) is 8.78 Å². The number of hydrogen-bond donors (Lipinski definition) is 2. The summed E-state index contributed by atoms with van der Waals surface area (Å²) in [5, 5.41) is 5.72. The van der Waals surface area contributed by atoms with Crippen LogP contribution in [-0.2, 0) is 9.53 Å². The number of nitrogens with one attached hydrogen (secondary N) is 2. The molecular weight excluding hydrogens is 304 g/mol. The summed E-state index contributed by atoms with van der Waals surface area (Å²) in [7, 11) is 0. The molecule has 0 radical (unpaired) electrons. The van der Waals surface area contributed by atoms with Crippen LogP contribution in [0.3, 0.4) is 0 Å². The lowest BCUT2D eigenvalue weighted by Crippen LogP contribution is -2.38. The fraction of sp³-hybridized carbons (Fsp3) is 0.909. The molecule has 120 valence electrons. The van der Waals surface area contributed by atoms with Crippen LogP contribution in [0, 0.1) is 5.92 Å². The molecule has 4 nitrogen and oxygen atoms in total. The summed E-state index contributed by atoms with van der Waals surface area (Å²) in [6, 6.07) is 0. The fourth-order valence-electron chi connectivity index (χ4n) is 1.74. The van der Waals surface area contributed by atoms with Crippen LogP contribution in [-0.4, -0.2) is 51.1 Å². The van der Waals surface area contributed by atoms with E-state index in [-0.39, 0.29) is 12.4 Å². The molecule has 1 aliphatic heterocycles. The molecule has 0 unspecified atom stereocenters. The van der Waals surface area contributed by atoms with Gasteiger partial charge in [0.25, 0.3) is 0 Å². The number of hydrogen-bond acceptors (Lipinski definition) is 3. The van der Waals surface area contributed by atoms with Gasteiger partial charge in [-0.3, -0.25) is 4.79 Å². The summed E-state index contributed by atoms with van der Waals surface area (Å²) < 4.78 is 52.8. The van der Waals surface area contributed by atoms with Crippen LogP contribution in [0.1, 0.15) is 12.8 Å². The molecule has 1 amide bonds. The topological polar surface area (TPSA) is 50.4 Å². The van der Waals surface area contributed by atoms with Crippen LogP contribution in [0.25, 0.3) is 0 Å². The second kappa shape index (κ2) is 9.36. The summed E-state index contributed by atoms with van der Waals surface area (Å²) in [6.07, 6.45) is -1.92. The highest BCUT2D eigenvalue weighted by molar-refractivity contribution is 5.85. The lowest BCUT2D eigenvalue weighted by atomic mass is 9.98. The van der Waals surface area contributed by atoms with Gasteiger partial charge in [0.15, 0.2) is 0 Å². The lowest BCUT2D eigenvalue weighted by molar-refractivity contribution is -0.168. The molecule has 0 spiro atoms. The highest BCUT2D eigenvalue weighted by atomic mass is 35.5. The maximum absolute atomic E-state index is 12.5. The van der Waals surface area contributed by atoms with Crippen molar-refractivity contribution < 1.29 is 27.1 Å². The minimum Gasteiger partial charge on any atom is -0.365 e. The standard InChI is InChI=1S/C11H18F4N2O2.ClH/c12-10(13)11(14,15)7-19-6-9(18)17-5-8-1-3-16-4-2-8;/h8,10,16H,1-7H2,(H,17,18);1H. The normalized spacial score (nSPS) is 16.9. The van der Waals surface area contributed by atoms with Gasteiger partial charge in [-0.15, -0.1) is 12.4 Å². The number of carbonyl (C=O) groups excluding carboxylic acids is 1. The first-order valence-corrected chi connectivity index (χ1v) is 6.13. The molecule has 1 saturated heterocycles. The Hall–Kier alpha value is -0.600. The largest absolute Gasteiger partial charge is 0.365 e. The second-order valence-corrected chi connectivity index (χ2v) is 4.55. The number of alkyl halides is 4. The summed E-state index contributed by atoms with van der Waals surface area (Å²) in [4.78, 5) is 11.3. The average Bonchev–Trinajstić information content (AvgIpc) is 2.37. The van der Waals surface area contributed by atoms with Gasteiger partial charge < -0.3 is 15.4 Å². The third kappa shape index (κ3) is 7.25. The van der Waals surface area contributed by atoms with E-state index in [1.807, 2.05) is 0 Å². The van der Waals surface area contributed by atoms with Gasteiger partial charge in [-0.25, -0.2) is 8.78 Å². The second-order valence-electron chi connectivity index (χ2n) is 4.55. The van der Waals surface area contributed by atoms with E-state index in [4.69, 9.17) is 0 Å². The third-order valence-corrected chi connectivity index (χ3v) is 2.89. The van der Waals surface area contributed by atoms with Crippen molar-refractivity contribution in [2.45, 2.75) is 25.2 Å². The molecule has 0 bridgehead atoms. The Morgan fingerprint density at radius 1 is 1.35 bits per heavy atom. The quantitative estimate of drug-likeness (QED) is 0.697. The van der Waals surface area contributed by atoms with Crippen molar-refractivity contribution >= 4 is 18.3 Å². The zero-order chi connectivity index (χ0) is 14.3. The molecule has 1 heterocycles. The Morgan fingerprint density at radius 3 is 2.50 bits per heavy atom. The fourth-order valence-corrected chi connectivity index (χ4v) is 1.74. The molecule has 20 heavy (non-hydrogen) atoms. The highest BCUT2D eigenvalue weighted by Crippen LogP contribution is 2.22. The number of piperidine rings is 1. The molecule has 0 aromatic rings. The minimum atomic E-state index is -4.21. The van der Waals surface area contributed by atoms with E-state index in [9.17, 15) is 22.4 Å². The Labute approximate surface area is 121 Å². The van der Waals surface area contributed by atoms with Gasteiger partial charge >= 0.3 is 12.3 Å². The minimum absolute atomic E-state index is 0. The molecule has 2 N–H and O–H groups in total. The third-order valence-electron chi connectivity index (χ3n) is 2.89. The molecule has 1 rings (SSSR count). The van der Waals surface area contributed by atoms with Gasteiger partial charge in [-0.05, 0) is 31.8 Å². The van der Waals surface area contributed by atoms with Crippen LogP contribution in [0.4, 0.5) is 17.6 Å². The molecule has 9 heteroatoms. The van der Waals surface area contributed by atoms with E-state index in [2.05, 4.69) is 15.4 Å². The van der Waals surface area contributed by atoms with Crippen molar-refractivity contribution in [2.24, 2.45) is 5.92 Å². The first-order valence-electron chi connectivity index (χ1n) is 6.13. The van der Waals surface area contributed by atoms with E-state index < -0.39 is 31.5 Å². The average molecular weight is 323 g/mol. The number of amides is 1. The van der Waals surface area contributed by atoms with Crippen molar-refractivity contribution in [1.29, 1.82) is 0 Å². The Morgan fingerprint density at radius 2 is 1.95 bits per heavy atom. The molecule has 1 fully saturated rings. The molecule has 0 aromatic heterocycles. The van der Waals surface area contributed by atoms with Crippen molar-refractivity contribution in [3.63, 3.8) is 0 Å². The maximum Gasteiger partial charge on any atom is 0.330 e. The Balaban J connectivity index is 0.00000361. The van der Waals surface area contributed by atoms with Crippen LogP contribution >= 0.6 is 12.4 Å². The lowest BCUT2D eigenvalue weighted by Gasteiger charge is -2.22. The van der Waals surface area contributed by atoms with Gasteiger partial charge in [-0.1, -0.05) is 0 Å². The predicted molar refractivity (Wildman–Crippen MR) is 67.6 cm³/mol. The molecule has 1 aliphatic rings. The SMILES string of the molecule is Cl.O=C(COCC(F)(F)C(F)F)NCC1CCNCC1. The monoisotopic (exact) mass is 322 g/mol. The van der Waals surface area contributed by atoms with Gasteiger partial charge in [0.1, 0.15) is 13.2 Å². The summed E-state index contributed by atoms with van der Waals surface area (Å²) in [5.41, 5.74) is 0. The smallest absolute Gasteiger partial charge is 0.330 e. The molecule has 0 saturated carbocycles. The predicted octanol–water partition coefficient (Wildman–Crippen LogP) is 1.44. The number of rotatable bonds is 7. The Kier molecular flexibility index (Phi) is 9.08. The van der Waals surface area contributed by atoms with Crippen LogP contribution in [0.15, 0.2) is 0 Å². The Bertz CT molecular complexity index is 290. The number of carbonyl (C=O) groups is 1. The van der Waals surface area contributed by atoms with Crippen molar-refractivity contribution in [3.8, 4) is 0 Å². The van der Waals surface area contributed by atoms with Crippen molar-refractivity contribution in [1.82, 2.24) is 10.6 Å². The zero-order valence-corrected chi connectivity index (χ0v) is 11.7. The van der Waals surface area contributed by atoms with Crippen molar-refractivity contribution in [3.05, 3.63) is 0 Å². The molecule has 0 atom stereocenters. The van der Waals surface area contributed by atoms with Crippen molar-refractivity contribution in [2.75, 3.05) is 32.8 Å². The van der Waals surface area contributed by atoms with E-state index >= 15 is 0 Å². The molecular formula is C11H19ClF4N2O2. The summed E-state index contributed by atoms with van der Waals surface area (Å²) >= 11 is 0. The number of ether oxygens (including phenoxy) is 1. The number of halogens is 5. The molecule has 0 aliphatic carbocycles. The van der Waals surface area contributed by atoms with Gasteiger partial charge in [0.2, 0.25) is 5.91 Å². The van der Waals surface area contributed by atoms with E-state index in [0.717, 1.165) is 25.9 Å². The van der Waals surface area contributed by atoms with Crippen LogP contribution < -0.4 is 10.6 Å². The highest BCUT2D eigenvalue weighted by Gasteiger charge is 2.41. The summed E-state index contributed by atoms with van der Waals surface area (Å²) in [5.74, 6) is -4.42. The maximum atomic E-state index is 12.5. The first kappa shape index (κ1) is 19.4. The van der Waals surface area contributed by atoms with Gasteiger partial charge in [0, 0.05) is 6.54 Å². The molecule has 0 aromatic carbocycles. The van der Waals surface area contributed by atoms with Crippen LogP contribution in [0.2, 0.25) is 0 Å². The van der Waals surface area contributed by atoms with Gasteiger partial charge in [0.05, 0.1) is 0 Å². The van der Waals surface area contributed by atoms with E-state index in [1.165, 1.54) is 0 Å². The van der Waals surface area contributed by atoms with E-state index in [1.54, 1.807) is 0 Å².